The molecule has 8 heteroatoms. The molecular formula is C25H38N4O4. The van der Waals surface area contributed by atoms with Crippen LogP contribution in [0.5, 0.6) is 11.8 Å². The number of ether oxygens (including phenoxy) is 3. The summed E-state index contributed by atoms with van der Waals surface area (Å²) in [5.74, 6) is 5.17. The molecule has 0 saturated heterocycles. The number of rotatable bonds is 5. The predicted molar refractivity (Wildman–Crippen MR) is 124 cm³/mol. The summed E-state index contributed by atoms with van der Waals surface area (Å²) in [6.07, 6.45) is 15.3. The van der Waals surface area contributed by atoms with E-state index in [1.54, 1.807) is 12.4 Å². The average Bonchev–Trinajstić information content (AvgIpc) is 3.59. The van der Waals surface area contributed by atoms with Gasteiger partial charge in [0.15, 0.2) is 0 Å². The molecule has 0 radical (unpaired) electrons. The van der Waals surface area contributed by atoms with E-state index in [0.717, 1.165) is 35.4 Å². The molecule has 182 valence electrons. The third-order valence-corrected chi connectivity index (χ3v) is 7.26. The van der Waals surface area contributed by atoms with Crippen molar-refractivity contribution >= 4 is 6.47 Å². The third kappa shape index (κ3) is 6.74. The molecule has 33 heavy (non-hydrogen) atoms. The van der Waals surface area contributed by atoms with Crippen molar-refractivity contribution in [1.29, 1.82) is 0 Å². The highest BCUT2D eigenvalue weighted by atomic mass is 16.5. The number of aromatic amines is 2. The predicted octanol–water partition coefficient (Wildman–Crippen LogP) is 4.91. The molecule has 4 aliphatic carbocycles. The zero-order valence-corrected chi connectivity index (χ0v) is 20.0. The number of hydrogen-bond donors (Lipinski definition) is 2. The molecule has 0 unspecified atom stereocenters. The van der Waals surface area contributed by atoms with Crippen LogP contribution in [-0.2, 0) is 9.53 Å². The van der Waals surface area contributed by atoms with Crippen molar-refractivity contribution in [2.45, 2.75) is 89.9 Å². The molecule has 0 aliphatic heterocycles. The standard InChI is InChI=1S/2C10H14N2O.C5H10O2/c2*1-2-8-5-7(1)6-9(8)13-10-3-4-11-12-10;1-5(2,3)7-4-6/h2*3-4,7-9H,1-2,5-6H2,(H,11,12);4H,1-3H3/t2*7-,8+,9-;/m00./s1. The molecule has 0 spiro atoms. The molecule has 4 saturated carbocycles. The molecular weight excluding hydrogens is 420 g/mol. The van der Waals surface area contributed by atoms with E-state index in [1.165, 1.54) is 51.4 Å². The van der Waals surface area contributed by atoms with Gasteiger partial charge in [-0.1, -0.05) is 0 Å². The highest BCUT2D eigenvalue weighted by Crippen LogP contribution is 2.46. The summed E-state index contributed by atoms with van der Waals surface area (Å²) in [6.45, 7) is 5.92. The van der Waals surface area contributed by atoms with Crippen molar-refractivity contribution in [2.75, 3.05) is 0 Å². The molecule has 4 fully saturated rings. The first-order valence-electron chi connectivity index (χ1n) is 12.3. The minimum atomic E-state index is -0.318. The first-order valence-corrected chi connectivity index (χ1v) is 12.3. The average molecular weight is 459 g/mol. The van der Waals surface area contributed by atoms with Gasteiger partial charge in [-0.15, -0.1) is 0 Å². The van der Waals surface area contributed by atoms with E-state index in [1.807, 2.05) is 32.9 Å². The van der Waals surface area contributed by atoms with Crippen molar-refractivity contribution in [2.24, 2.45) is 23.7 Å². The quantitative estimate of drug-likeness (QED) is 0.617. The van der Waals surface area contributed by atoms with Crippen LogP contribution in [0.15, 0.2) is 24.5 Å². The van der Waals surface area contributed by atoms with Crippen LogP contribution in [0.25, 0.3) is 0 Å². The molecule has 2 N–H and O–H groups in total. The van der Waals surface area contributed by atoms with Crippen molar-refractivity contribution in [3.8, 4) is 11.8 Å². The number of hydrogen-bond acceptors (Lipinski definition) is 6. The highest BCUT2D eigenvalue weighted by Gasteiger charge is 2.41. The minimum absolute atomic E-state index is 0.318. The van der Waals surface area contributed by atoms with Crippen molar-refractivity contribution in [3.05, 3.63) is 24.5 Å². The smallest absolute Gasteiger partial charge is 0.293 e. The highest BCUT2D eigenvalue weighted by molar-refractivity contribution is 5.37. The maximum absolute atomic E-state index is 9.60. The second-order valence-corrected chi connectivity index (χ2v) is 10.8. The van der Waals surface area contributed by atoms with Gasteiger partial charge in [-0.05, 0) is 95.8 Å². The fourth-order valence-electron chi connectivity index (χ4n) is 5.75. The Kier molecular flexibility index (Phi) is 7.60. The Morgan fingerprint density at radius 2 is 1.30 bits per heavy atom. The lowest BCUT2D eigenvalue weighted by Crippen LogP contribution is -2.23. The molecule has 6 rings (SSSR count). The van der Waals surface area contributed by atoms with Gasteiger partial charge in [0.25, 0.3) is 6.47 Å². The van der Waals surface area contributed by atoms with Crippen molar-refractivity contribution in [1.82, 2.24) is 20.4 Å². The number of aromatic nitrogens is 4. The Morgan fingerprint density at radius 3 is 1.55 bits per heavy atom. The van der Waals surface area contributed by atoms with E-state index in [0.29, 0.717) is 18.7 Å². The Labute approximate surface area is 196 Å². The van der Waals surface area contributed by atoms with E-state index in [9.17, 15) is 4.79 Å². The molecule has 0 aromatic carbocycles. The van der Waals surface area contributed by atoms with Gasteiger partial charge in [0, 0.05) is 12.1 Å². The molecule has 2 aromatic heterocycles. The molecule has 8 nitrogen and oxygen atoms in total. The minimum Gasteiger partial charge on any atom is -0.474 e. The van der Waals surface area contributed by atoms with E-state index < -0.39 is 0 Å². The first kappa shape index (κ1) is 23.6. The van der Waals surface area contributed by atoms with Crippen LogP contribution in [0, 0.1) is 23.7 Å². The number of nitrogens with zero attached hydrogens (tertiary/aromatic N) is 2. The van der Waals surface area contributed by atoms with Crippen molar-refractivity contribution < 1.29 is 19.0 Å². The number of nitrogens with one attached hydrogen (secondary N) is 2. The van der Waals surface area contributed by atoms with E-state index in [-0.39, 0.29) is 5.60 Å². The van der Waals surface area contributed by atoms with Gasteiger partial charge >= 0.3 is 0 Å². The summed E-state index contributed by atoms with van der Waals surface area (Å²) in [5.41, 5.74) is -0.318. The van der Waals surface area contributed by atoms with Gasteiger partial charge in [0.2, 0.25) is 11.8 Å². The molecule has 4 bridgehead atoms. The molecule has 2 aromatic rings. The molecule has 0 amide bonds. The molecule has 2 heterocycles. The number of carbonyl (C=O) groups excluding carboxylic acids is 1. The van der Waals surface area contributed by atoms with Crippen LogP contribution in [0.1, 0.15) is 72.1 Å². The fraction of sp³-hybridized carbons (Fsp3) is 0.720. The van der Waals surface area contributed by atoms with Crippen LogP contribution < -0.4 is 9.47 Å². The third-order valence-electron chi connectivity index (χ3n) is 7.26. The SMILES string of the molecule is CC(C)(C)OC=O.c1cc(O[C@H]2C[C@H]3CC[C@@H]2C3)[nH]n1.c1cc(O[C@H]2C[C@H]3CC[C@@H]2C3)[nH]n1. The van der Waals surface area contributed by atoms with Gasteiger partial charge in [-0.25, -0.2) is 10.2 Å². The Balaban J connectivity index is 0.000000125. The second kappa shape index (κ2) is 10.6. The number of H-pyrrole nitrogens is 2. The zero-order valence-electron chi connectivity index (χ0n) is 20.0. The van der Waals surface area contributed by atoms with Gasteiger partial charge in [-0.3, -0.25) is 4.79 Å². The summed E-state index contributed by atoms with van der Waals surface area (Å²) in [7, 11) is 0. The summed E-state index contributed by atoms with van der Waals surface area (Å²) in [5, 5.41) is 13.5. The van der Waals surface area contributed by atoms with Gasteiger partial charge in [-0.2, -0.15) is 10.2 Å². The number of fused-ring (bicyclic) bond motifs is 4. The monoisotopic (exact) mass is 458 g/mol. The van der Waals surface area contributed by atoms with Gasteiger partial charge in [0.05, 0.1) is 12.4 Å². The van der Waals surface area contributed by atoms with Crippen molar-refractivity contribution in [3.63, 3.8) is 0 Å². The second-order valence-electron chi connectivity index (χ2n) is 10.8. The lowest BCUT2D eigenvalue weighted by Gasteiger charge is -2.21. The first-order chi connectivity index (χ1) is 15.9. The van der Waals surface area contributed by atoms with Crippen LogP contribution >= 0.6 is 0 Å². The summed E-state index contributed by atoms with van der Waals surface area (Å²) in [6, 6.07) is 3.79. The van der Waals surface area contributed by atoms with Gasteiger partial charge in [0.1, 0.15) is 17.8 Å². The van der Waals surface area contributed by atoms with Crippen LogP contribution in [0.2, 0.25) is 0 Å². The van der Waals surface area contributed by atoms with E-state index >= 15 is 0 Å². The Hall–Kier alpha value is -2.51. The molecule has 4 aliphatic rings. The fourth-order valence-corrected chi connectivity index (χ4v) is 5.75. The topological polar surface area (TPSA) is 102 Å². The largest absolute Gasteiger partial charge is 0.474 e. The van der Waals surface area contributed by atoms with Crippen LogP contribution in [0.4, 0.5) is 0 Å². The summed E-state index contributed by atoms with van der Waals surface area (Å²) < 4.78 is 16.2. The Morgan fingerprint density at radius 1 is 0.818 bits per heavy atom. The van der Waals surface area contributed by atoms with Gasteiger partial charge < -0.3 is 14.2 Å². The maximum atomic E-state index is 9.60. The van der Waals surface area contributed by atoms with E-state index in [2.05, 4.69) is 25.1 Å². The van der Waals surface area contributed by atoms with Crippen LogP contribution in [-0.4, -0.2) is 44.7 Å². The zero-order chi connectivity index (χ0) is 23.3. The van der Waals surface area contributed by atoms with E-state index in [4.69, 9.17) is 9.47 Å². The summed E-state index contributed by atoms with van der Waals surface area (Å²) in [4.78, 5) is 9.60. The Bertz CT molecular complexity index is 773. The number of carbonyl (C=O) groups is 1. The van der Waals surface area contributed by atoms with Crippen LogP contribution in [0.3, 0.4) is 0 Å². The summed E-state index contributed by atoms with van der Waals surface area (Å²) >= 11 is 0. The maximum Gasteiger partial charge on any atom is 0.293 e. The normalized spacial score (nSPS) is 31.2. The molecule has 6 atom stereocenters. The lowest BCUT2D eigenvalue weighted by molar-refractivity contribution is -0.138. The lowest BCUT2D eigenvalue weighted by atomic mass is 9.98.